The van der Waals surface area contributed by atoms with Gasteiger partial charge in [0.2, 0.25) is 0 Å². The lowest BCUT2D eigenvalue weighted by atomic mass is 10.1. The largest absolute Gasteiger partial charge is 0.490 e. The van der Waals surface area contributed by atoms with Crippen LogP contribution in [-0.2, 0) is 13.2 Å². The Morgan fingerprint density at radius 2 is 2.03 bits per heavy atom. The van der Waals surface area contributed by atoms with Crippen molar-refractivity contribution in [3.05, 3.63) is 59.8 Å². The summed E-state index contributed by atoms with van der Waals surface area (Å²) in [5.41, 5.74) is 8.77. The van der Waals surface area contributed by atoms with Gasteiger partial charge in [0, 0.05) is 42.5 Å². The van der Waals surface area contributed by atoms with E-state index in [1.807, 2.05) is 36.4 Å². The third-order valence-corrected chi connectivity index (χ3v) is 5.59. The van der Waals surface area contributed by atoms with E-state index in [0.717, 1.165) is 59.3 Å². The summed E-state index contributed by atoms with van der Waals surface area (Å²) in [5, 5.41) is 15.5. The topological polar surface area (TPSA) is 83.6 Å². The maximum atomic E-state index is 9.99. The molecule has 1 aliphatic heterocycles. The van der Waals surface area contributed by atoms with Crippen LogP contribution in [0.5, 0.6) is 5.75 Å². The summed E-state index contributed by atoms with van der Waals surface area (Å²) < 4.78 is 6.24. The van der Waals surface area contributed by atoms with Gasteiger partial charge >= 0.3 is 0 Å². The lowest BCUT2D eigenvalue weighted by Crippen LogP contribution is -2.35. The number of fused-ring (bicyclic) bond motifs is 1. The number of nitrogens with zero attached hydrogens (tertiary/aromatic N) is 2. The lowest BCUT2D eigenvalue weighted by Gasteiger charge is -2.30. The van der Waals surface area contributed by atoms with Crippen LogP contribution in [-0.4, -0.2) is 41.2 Å². The van der Waals surface area contributed by atoms with Gasteiger partial charge in [0.05, 0.1) is 6.61 Å². The molecule has 1 fully saturated rings. The molecule has 0 amide bonds. The first-order valence-electron chi connectivity index (χ1n) is 10.1. The molecule has 6 nitrogen and oxygen atoms in total. The van der Waals surface area contributed by atoms with E-state index < -0.39 is 0 Å². The van der Waals surface area contributed by atoms with Crippen molar-refractivity contribution < 1.29 is 9.84 Å². The van der Waals surface area contributed by atoms with Gasteiger partial charge in [-0.3, -0.25) is 0 Å². The maximum absolute atomic E-state index is 9.99. The number of nitrogens with one attached hydrogen (secondary N) is 1. The number of aliphatic hydroxyl groups is 1. The summed E-state index contributed by atoms with van der Waals surface area (Å²) >= 11 is 0. The van der Waals surface area contributed by atoms with Crippen LogP contribution in [0.15, 0.2) is 48.7 Å². The first-order valence-corrected chi connectivity index (χ1v) is 10.1. The Bertz CT molecular complexity index is 984. The highest BCUT2D eigenvalue weighted by Gasteiger charge is 2.20. The SMILES string of the molecule is CN1CCC(Oc2cccc(NCc3ccc4c(N)nccc4c3)c2CO)CC1. The van der Waals surface area contributed by atoms with Gasteiger partial charge in [0.15, 0.2) is 0 Å². The van der Waals surface area contributed by atoms with Gasteiger partial charge in [-0.25, -0.2) is 4.98 Å². The van der Waals surface area contributed by atoms with Crippen molar-refractivity contribution in [1.29, 1.82) is 0 Å². The Morgan fingerprint density at radius 1 is 1.21 bits per heavy atom. The molecular formula is C23H28N4O2. The van der Waals surface area contributed by atoms with Crippen LogP contribution in [0.4, 0.5) is 11.5 Å². The van der Waals surface area contributed by atoms with E-state index in [1.54, 1.807) is 6.20 Å². The number of likely N-dealkylation sites (tertiary alicyclic amines) is 1. The fourth-order valence-electron chi connectivity index (χ4n) is 3.85. The highest BCUT2D eigenvalue weighted by Crippen LogP contribution is 2.30. The third kappa shape index (κ3) is 4.44. The van der Waals surface area contributed by atoms with Gasteiger partial charge < -0.3 is 25.8 Å². The van der Waals surface area contributed by atoms with Crippen molar-refractivity contribution in [1.82, 2.24) is 9.88 Å². The van der Waals surface area contributed by atoms with Crippen molar-refractivity contribution in [2.75, 3.05) is 31.2 Å². The summed E-state index contributed by atoms with van der Waals surface area (Å²) in [4.78, 5) is 6.45. The normalized spacial score (nSPS) is 15.5. The van der Waals surface area contributed by atoms with Crippen LogP contribution in [0.1, 0.15) is 24.0 Å². The average Bonchev–Trinajstić information content (AvgIpc) is 2.74. The highest BCUT2D eigenvalue weighted by atomic mass is 16.5. The van der Waals surface area contributed by atoms with Crippen molar-refractivity contribution in [3.63, 3.8) is 0 Å². The molecule has 29 heavy (non-hydrogen) atoms. The van der Waals surface area contributed by atoms with Gasteiger partial charge in [0.1, 0.15) is 17.7 Å². The molecule has 0 saturated carbocycles. The van der Waals surface area contributed by atoms with E-state index >= 15 is 0 Å². The number of piperidine rings is 1. The summed E-state index contributed by atoms with van der Waals surface area (Å²) in [7, 11) is 2.14. The zero-order chi connectivity index (χ0) is 20.2. The number of anilines is 2. The smallest absolute Gasteiger partial charge is 0.131 e. The molecule has 6 heteroatoms. The number of pyridine rings is 1. The number of hydrogen-bond donors (Lipinski definition) is 3. The van der Waals surface area contributed by atoms with Crippen LogP contribution in [0.2, 0.25) is 0 Å². The molecule has 0 spiro atoms. The van der Waals surface area contributed by atoms with E-state index in [4.69, 9.17) is 10.5 Å². The fourth-order valence-corrected chi connectivity index (χ4v) is 3.85. The third-order valence-electron chi connectivity index (χ3n) is 5.59. The number of benzene rings is 2. The van der Waals surface area contributed by atoms with E-state index in [-0.39, 0.29) is 12.7 Å². The Labute approximate surface area is 171 Å². The summed E-state index contributed by atoms with van der Waals surface area (Å²) in [6.07, 6.45) is 3.94. The van der Waals surface area contributed by atoms with E-state index in [9.17, 15) is 5.11 Å². The fraction of sp³-hybridized carbons (Fsp3) is 0.348. The zero-order valence-electron chi connectivity index (χ0n) is 16.8. The van der Waals surface area contributed by atoms with Crippen molar-refractivity contribution in [3.8, 4) is 5.75 Å². The Balaban J connectivity index is 1.48. The van der Waals surface area contributed by atoms with E-state index in [2.05, 4.69) is 28.3 Å². The highest BCUT2D eigenvalue weighted by molar-refractivity contribution is 5.91. The molecule has 3 aromatic rings. The number of aliphatic hydroxyl groups excluding tert-OH is 1. The number of nitrogen functional groups attached to an aromatic ring is 1. The first-order chi connectivity index (χ1) is 14.1. The molecule has 0 radical (unpaired) electrons. The van der Waals surface area contributed by atoms with E-state index in [0.29, 0.717) is 12.4 Å². The van der Waals surface area contributed by atoms with Crippen LogP contribution < -0.4 is 15.8 Å². The van der Waals surface area contributed by atoms with Crippen LogP contribution in [0, 0.1) is 0 Å². The minimum absolute atomic E-state index is 0.0644. The molecule has 4 N–H and O–H groups in total. The zero-order valence-corrected chi connectivity index (χ0v) is 16.8. The summed E-state index contributed by atoms with van der Waals surface area (Å²) in [6, 6.07) is 14.0. The maximum Gasteiger partial charge on any atom is 0.131 e. The van der Waals surface area contributed by atoms with Gasteiger partial charge in [-0.1, -0.05) is 18.2 Å². The van der Waals surface area contributed by atoms with Gasteiger partial charge in [-0.05, 0) is 55.1 Å². The van der Waals surface area contributed by atoms with Gasteiger partial charge in [0.25, 0.3) is 0 Å². The molecule has 0 unspecified atom stereocenters. The second kappa shape index (κ2) is 8.68. The molecule has 1 aliphatic rings. The predicted molar refractivity (Wildman–Crippen MR) is 117 cm³/mol. The van der Waals surface area contributed by atoms with E-state index in [1.165, 1.54) is 0 Å². The number of hydrogen-bond acceptors (Lipinski definition) is 6. The van der Waals surface area contributed by atoms with Crippen molar-refractivity contribution >= 4 is 22.3 Å². The van der Waals surface area contributed by atoms with Gasteiger partial charge in [-0.2, -0.15) is 0 Å². The van der Waals surface area contributed by atoms with Crippen LogP contribution in [0.3, 0.4) is 0 Å². The predicted octanol–water partition coefficient (Wildman–Crippen LogP) is 3.39. The molecule has 0 atom stereocenters. The van der Waals surface area contributed by atoms with Crippen LogP contribution in [0.25, 0.3) is 10.8 Å². The number of nitrogens with two attached hydrogens (primary N) is 1. The van der Waals surface area contributed by atoms with Gasteiger partial charge in [-0.15, -0.1) is 0 Å². The minimum atomic E-state index is -0.0644. The minimum Gasteiger partial charge on any atom is -0.490 e. The Morgan fingerprint density at radius 3 is 2.83 bits per heavy atom. The monoisotopic (exact) mass is 392 g/mol. The molecule has 0 bridgehead atoms. The second-order valence-corrected chi connectivity index (χ2v) is 7.67. The molecule has 4 rings (SSSR count). The average molecular weight is 393 g/mol. The molecule has 2 heterocycles. The standard InChI is InChI=1S/C23H28N4O2/c1-27-11-8-18(9-12-27)29-22-4-2-3-21(20(22)15-28)26-14-16-5-6-19-17(13-16)7-10-25-23(19)24/h2-7,10,13,18,26,28H,8-9,11-12,14-15H2,1H3,(H2,24,25). The first kappa shape index (κ1) is 19.5. The lowest BCUT2D eigenvalue weighted by molar-refractivity contribution is 0.111. The number of aromatic nitrogens is 1. The summed E-state index contributed by atoms with van der Waals surface area (Å²) in [5.74, 6) is 1.31. The van der Waals surface area contributed by atoms with Crippen molar-refractivity contribution in [2.45, 2.75) is 32.1 Å². The van der Waals surface area contributed by atoms with Crippen LogP contribution >= 0.6 is 0 Å². The molecule has 0 aliphatic carbocycles. The molecular weight excluding hydrogens is 364 g/mol. The van der Waals surface area contributed by atoms with Crippen molar-refractivity contribution in [2.24, 2.45) is 0 Å². The quantitative estimate of drug-likeness (QED) is 0.596. The Kier molecular flexibility index (Phi) is 5.83. The molecule has 2 aromatic carbocycles. The molecule has 1 aromatic heterocycles. The number of rotatable bonds is 6. The molecule has 152 valence electrons. The summed E-state index contributed by atoms with van der Waals surface area (Å²) in [6.45, 7) is 2.66. The second-order valence-electron chi connectivity index (χ2n) is 7.67. The number of ether oxygens (including phenoxy) is 1. The Hall–Kier alpha value is -2.83. The molecule has 1 saturated heterocycles.